The molecule has 0 aromatic carbocycles. The van der Waals surface area contributed by atoms with Crippen molar-refractivity contribution in [2.45, 2.75) is 64.1 Å². The molecule has 2 aliphatic rings. The fourth-order valence-corrected chi connectivity index (χ4v) is 2.63. The van der Waals surface area contributed by atoms with Gasteiger partial charge < -0.3 is 30.0 Å². The highest BCUT2D eigenvalue weighted by Gasteiger charge is 2.56. The minimum absolute atomic E-state index is 0.0267. The van der Waals surface area contributed by atoms with Gasteiger partial charge in [-0.05, 0) is 13.8 Å². The molecule has 2 amide bonds. The van der Waals surface area contributed by atoms with Crippen LogP contribution in [0.15, 0.2) is 0 Å². The average molecular weight is 302 g/mol. The number of nitrogens with one attached hydrogen (secondary N) is 2. The minimum atomic E-state index is -0.980. The molecule has 2 rings (SSSR count). The van der Waals surface area contributed by atoms with E-state index in [-0.39, 0.29) is 18.4 Å². The van der Waals surface area contributed by atoms with Gasteiger partial charge in [0.05, 0.1) is 12.1 Å². The molecule has 2 fully saturated rings. The first-order valence-corrected chi connectivity index (χ1v) is 6.90. The fourth-order valence-electron chi connectivity index (χ4n) is 2.63. The van der Waals surface area contributed by atoms with Gasteiger partial charge in [-0.3, -0.25) is 9.59 Å². The third kappa shape index (κ3) is 3.70. The number of carbonyl (C=O) groups is 2. The number of rotatable bonds is 4. The molecule has 5 atom stereocenters. The molecule has 3 N–H and O–H groups in total. The Morgan fingerprint density at radius 3 is 2.48 bits per heavy atom. The highest BCUT2D eigenvalue weighted by atomic mass is 16.8. The summed E-state index contributed by atoms with van der Waals surface area (Å²) >= 11 is 0. The molecule has 0 saturated carbocycles. The number of carbonyl (C=O) groups excluding carboxylic acids is 2. The molecule has 1 unspecified atom stereocenters. The van der Waals surface area contributed by atoms with E-state index < -0.39 is 36.4 Å². The van der Waals surface area contributed by atoms with Gasteiger partial charge in [0.25, 0.3) is 0 Å². The van der Waals surface area contributed by atoms with Gasteiger partial charge in [-0.1, -0.05) is 0 Å². The van der Waals surface area contributed by atoms with E-state index in [1.807, 2.05) is 0 Å². The molecule has 0 radical (unpaired) electrons. The molecular formula is C13H22N2O6. The van der Waals surface area contributed by atoms with Gasteiger partial charge >= 0.3 is 0 Å². The van der Waals surface area contributed by atoms with Crippen LogP contribution in [0.25, 0.3) is 0 Å². The van der Waals surface area contributed by atoms with Crippen LogP contribution in [0.2, 0.25) is 0 Å². The Hall–Kier alpha value is -1.22. The Morgan fingerprint density at radius 2 is 1.90 bits per heavy atom. The SMILES string of the molecule is CC(=O)NCC(O)[C@@H]1O[C@H]2OC(C)(C)O[C@H]2[C@@H]1NC(C)=O. The number of aliphatic hydroxyl groups excluding tert-OH is 1. The number of fused-ring (bicyclic) bond motifs is 1. The molecule has 0 spiro atoms. The topological polar surface area (TPSA) is 106 Å². The second kappa shape index (κ2) is 5.88. The van der Waals surface area contributed by atoms with Crippen molar-refractivity contribution in [3.63, 3.8) is 0 Å². The maximum Gasteiger partial charge on any atom is 0.217 e. The summed E-state index contributed by atoms with van der Waals surface area (Å²) in [6.45, 7) is 6.27. The quantitative estimate of drug-likeness (QED) is 0.606. The molecule has 0 aromatic rings. The molecule has 0 bridgehead atoms. The summed E-state index contributed by atoms with van der Waals surface area (Å²) in [6, 6.07) is -0.543. The van der Waals surface area contributed by atoms with Crippen LogP contribution in [0.1, 0.15) is 27.7 Å². The molecule has 8 nitrogen and oxygen atoms in total. The van der Waals surface area contributed by atoms with Gasteiger partial charge in [0.1, 0.15) is 12.2 Å². The van der Waals surface area contributed by atoms with E-state index in [9.17, 15) is 14.7 Å². The average Bonchev–Trinajstić information content (AvgIpc) is 2.79. The van der Waals surface area contributed by atoms with Gasteiger partial charge in [0.15, 0.2) is 12.1 Å². The summed E-state index contributed by atoms with van der Waals surface area (Å²) < 4.78 is 17.0. The van der Waals surface area contributed by atoms with Crippen LogP contribution in [0, 0.1) is 0 Å². The number of hydrogen-bond acceptors (Lipinski definition) is 6. The summed E-state index contributed by atoms with van der Waals surface area (Å²) in [4.78, 5) is 22.3. The zero-order chi connectivity index (χ0) is 15.8. The summed E-state index contributed by atoms with van der Waals surface area (Å²) in [5.41, 5.74) is 0. The van der Waals surface area contributed by atoms with E-state index >= 15 is 0 Å². The molecule has 0 aromatic heterocycles. The van der Waals surface area contributed by atoms with Crippen molar-refractivity contribution in [3.8, 4) is 0 Å². The van der Waals surface area contributed by atoms with Crippen LogP contribution < -0.4 is 10.6 Å². The van der Waals surface area contributed by atoms with E-state index in [4.69, 9.17) is 14.2 Å². The third-order valence-electron chi connectivity index (χ3n) is 3.40. The third-order valence-corrected chi connectivity index (χ3v) is 3.40. The highest BCUT2D eigenvalue weighted by Crippen LogP contribution is 2.38. The van der Waals surface area contributed by atoms with Crippen LogP contribution in [0.3, 0.4) is 0 Å². The minimum Gasteiger partial charge on any atom is -0.388 e. The Labute approximate surface area is 123 Å². The zero-order valence-corrected chi connectivity index (χ0v) is 12.6. The van der Waals surface area contributed by atoms with E-state index in [1.54, 1.807) is 13.8 Å². The zero-order valence-electron chi connectivity index (χ0n) is 12.6. The Kier molecular flexibility index (Phi) is 4.52. The molecule has 21 heavy (non-hydrogen) atoms. The standard InChI is InChI=1S/C13H22N2O6/c1-6(16)14-5-8(18)10-9(15-7(2)17)11-12(19-10)21-13(3,4)20-11/h8-12,18H,5H2,1-4H3,(H,14,16)(H,15,17)/t8?,9-,10+,11+,12+/m1/s1. The van der Waals surface area contributed by atoms with Crippen molar-refractivity contribution in [1.29, 1.82) is 0 Å². The monoisotopic (exact) mass is 302 g/mol. The van der Waals surface area contributed by atoms with Gasteiger partial charge in [-0.2, -0.15) is 0 Å². The highest BCUT2D eigenvalue weighted by molar-refractivity contribution is 5.73. The Balaban J connectivity index is 2.07. The van der Waals surface area contributed by atoms with Crippen LogP contribution >= 0.6 is 0 Å². The number of hydrogen-bond donors (Lipinski definition) is 3. The lowest BCUT2D eigenvalue weighted by Gasteiger charge is -2.28. The molecule has 2 heterocycles. The second-order valence-electron chi connectivity index (χ2n) is 5.80. The molecule has 0 aliphatic carbocycles. The van der Waals surface area contributed by atoms with E-state index in [0.29, 0.717) is 0 Å². The maximum absolute atomic E-state index is 11.4. The second-order valence-corrected chi connectivity index (χ2v) is 5.80. The predicted octanol–water partition coefficient (Wildman–Crippen LogP) is -1.14. The number of amides is 2. The Morgan fingerprint density at radius 1 is 1.24 bits per heavy atom. The van der Waals surface area contributed by atoms with Crippen molar-refractivity contribution in [2.75, 3.05) is 6.54 Å². The molecule has 8 heteroatoms. The van der Waals surface area contributed by atoms with E-state index in [2.05, 4.69) is 10.6 Å². The van der Waals surface area contributed by atoms with Crippen molar-refractivity contribution >= 4 is 11.8 Å². The lowest BCUT2D eigenvalue weighted by atomic mass is 10.0. The summed E-state index contributed by atoms with van der Waals surface area (Å²) in [7, 11) is 0. The smallest absolute Gasteiger partial charge is 0.217 e. The van der Waals surface area contributed by atoms with Crippen LogP contribution in [0.5, 0.6) is 0 Å². The Bertz CT molecular complexity index is 427. The first-order chi connectivity index (χ1) is 9.69. The van der Waals surface area contributed by atoms with E-state index in [0.717, 1.165) is 0 Å². The van der Waals surface area contributed by atoms with Crippen molar-refractivity contribution in [2.24, 2.45) is 0 Å². The molecular weight excluding hydrogens is 280 g/mol. The van der Waals surface area contributed by atoms with Gasteiger partial charge in [0.2, 0.25) is 11.8 Å². The number of ether oxygens (including phenoxy) is 3. The lowest BCUT2D eigenvalue weighted by Crippen LogP contribution is -2.53. The molecule has 120 valence electrons. The maximum atomic E-state index is 11.4. The first kappa shape index (κ1) is 16.2. The van der Waals surface area contributed by atoms with Gasteiger partial charge in [-0.25, -0.2) is 0 Å². The van der Waals surface area contributed by atoms with Crippen LogP contribution in [-0.2, 0) is 23.8 Å². The van der Waals surface area contributed by atoms with Gasteiger partial charge in [0, 0.05) is 20.4 Å². The van der Waals surface area contributed by atoms with Crippen molar-refractivity contribution in [3.05, 3.63) is 0 Å². The lowest BCUT2D eigenvalue weighted by molar-refractivity contribution is -0.216. The normalized spacial score (nSPS) is 35.1. The molecule has 2 saturated heterocycles. The van der Waals surface area contributed by atoms with Gasteiger partial charge in [-0.15, -0.1) is 0 Å². The largest absolute Gasteiger partial charge is 0.388 e. The first-order valence-electron chi connectivity index (χ1n) is 6.90. The number of aliphatic hydroxyl groups is 1. The van der Waals surface area contributed by atoms with Crippen LogP contribution in [0.4, 0.5) is 0 Å². The summed E-state index contributed by atoms with van der Waals surface area (Å²) in [5, 5.41) is 15.4. The predicted molar refractivity (Wildman–Crippen MR) is 71.0 cm³/mol. The van der Waals surface area contributed by atoms with Crippen molar-refractivity contribution in [1.82, 2.24) is 10.6 Å². The molecule has 2 aliphatic heterocycles. The van der Waals surface area contributed by atoms with Crippen molar-refractivity contribution < 1.29 is 28.9 Å². The van der Waals surface area contributed by atoms with Crippen LogP contribution in [-0.4, -0.2) is 59.9 Å². The fraction of sp³-hybridized carbons (Fsp3) is 0.846. The summed E-state index contributed by atoms with van der Waals surface area (Å²) in [6.07, 6.45) is -2.85. The van der Waals surface area contributed by atoms with E-state index in [1.165, 1.54) is 13.8 Å². The summed E-state index contributed by atoms with van der Waals surface area (Å²) in [5.74, 6) is -1.31.